The maximum Gasteiger partial charge on any atom is 0.254 e. The normalized spacial score (nSPS) is 24.8. The van der Waals surface area contributed by atoms with Gasteiger partial charge in [-0.2, -0.15) is 9.37 Å². The van der Waals surface area contributed by atoms with Crippen molar-refractivity contribution in [1.29, 1.82) is 0 Å². The first-order valence-corrected chi connectivity index (χ1v) is 6.08. The highest BCUT2D eigenvalue weighted by atomic mass is 19.1. The van der Waals surface area contributed by atoms with Crippen LogP contribution in [0, 0.1) is 11.9 Å². The molecule has 0 spiro atoms. The van der Waals surface area contributed by atoms with Gasteiger partial charge >= 0.3 is 0 Å². The fraction of sp³-hybridized carbons (Fsp3) is 0.667. The number of carbonyl (C=O) groups excluding carboxylic acids is 1. The smallest absolute Gasteiger partial charge is 0.254 e. The second-order valence-electron chi connectivity index (χ2n) is 4.52. The standard InChI is InChI=1S/C12H17FN2O2/c1-2-9-15-11(13)10(17-9)7-5-3-4-6-8(7)12(14)16/h7-8H,2-6H2,1H3,(H2,14,16). The summed E-state index contributed by atoms with van der Waals surface area (Å²) in [4.78, 5) is 15.1. The summed E-state index contributed by atoms with van der Waals surface area (Å²) in [6, 6.07) is 0. The Balaban J connectivity index is 2.29. The van der Waals surface area contributed by atoms with Gasteiger partial charge in [-0.05, 0) is 12.8 Å². The van der Waals surface area contributed by atoms with Crippen LogP contribution in [0.25, 0.3) is 0 Å². The maximum absolute atomic E-state index is 13.7. The van der Waals surface area contributed by atoms with Gasteiger partial charge in [-0.15, -0.1) is 0 Å². The zero-order chi connectivity index (χ0) is 12.4. The summed E-state index contributed by atoms with van der Waals surface area (Å²) in [6.45, 7) is 1.85. The van der Waals surface area contributed by atoms with Crippen molar-refractivity contribution in [2.45, 2.75) is 44.9 Å². The van der Waals surface area contributed by atoms with Crippen molar-refractivity contribution >= 4 is 5.91 Å². The Labute approximate surface area is 99.4 Å². The zero-order valence-corrected chi connectivity index (χ0v) is 9.91. The molecule has 2 unspecified atom stereocenters. The summed E-state index contributed by atoms with van der Waals surface area (Å²) in [7, 11) is 0. The van der Waals surface area contributed by atoms with Crippen LogP contribution in [0.3, 0.4) is 0 Å². The molecule has 1 fully saturated rings. The van der Waals surface area contributed by atoms with Gasteiger partial charge in [0.05, 0.1) is 0 Å². The lowest BCUT2D eigenvalue weighted by molar-refractivity contribution is -0.123. The van der Waals surface area contributed by atoms with E-state index in [9.17, 15) is 9.18 Å². The van der Waals surface area contributed by atoms with E-state index in [1.165, 1.54) is 0 Å². The Bertz CT molecular complexity index is 417. The molecule has 0 bridgehead atoms. The topological polar surface area (TPSA) is 69.1 Å². The molecule has 4 nitrogen and oxygen atoms in total. The second-order valence-corrected chi connectivity index (χ2v) is 4.52. The van der Waals surface area contributed by atoms with Crippen molar-refractivity contribution in [1.82, 2.24) is 4.98 Å². The molecule has 0 saturated heterocycles. The molecule has 0 aromatic carbocycles. The molecule has 1 aromatic rings. The Morgan fingerprint density at radius 3 is 2.82 bits per heavy atom. The van der Waals surface area contributed by atoms with E-state index in [1.54, 1.807) is 0 Å². The average Bonchev–Trinajstić information content (AvgIpc) is 2.70. The summed E-state index contributed by atoms with van der Waals surface area (Å²) in [6.07, 6.45) is 3.92. The van der Waals surface area contributed by atoms with Crippen molar-refractivity contribution in [3.8, 4) is 0 Å². The first-order chi connectivity index (χ1) is 8.13. The van der Waals surface area contributed by atoms with Crippen LogP contribution in [0.1, 0.15) is 50.2 Å². The molecule has 1 aliphatic rings. The van der Waals surface area contributed by atoms with Crippen LogP contribution in [0.2, 0.25) is 0 Å². The third-order valence-electron chi connectivity index (χ3n) is 3.42. The molecule has 17 heavy (non-hydrogen) atoms. The predicted octanol–water partition coefficient (Wildman–Crippen LogP) is 2.14. The lowest BCUT2D eigenvalue weighted by Crippen LogP contribution is -2.31. The average molecular weight is 240 g/mol. The van der Waals surface area contributed by atoms with Crippen molar-refractivity contribution in [2.75, 3.05) is 0 Å². The highest BCUT2D eigenvalue weighted by Gasteiger charge is 2.35. The molecular weight excluding hydrogens is 223 g/mol. The van der Waals surface area contributed by atoms with E-state index in [1.807, 2.05) is 6.92 Å². The number of hydrogen-bond donors (Lipinski definition) is 1. The maximum atomic E-state index is 13.7. The number of hydrogen-bond acceptors (Lipinski definition) is 3. The van der Waals surface area contributed by atoms with Crippen LogP contribution in [0.5, 0.6) is 0 Å². The van der Waals surface area contributed by atoms with E-state index in [0.29, 0.717) is 18.7 Å². The fourth-order valence-electron chi connectivity index (χ4n) is 2.52. The van der Waals surface area contributed by atoms with Gasteiger partial charge in [0.1, 0.15) is 0 Å². The van der Waals surface area contributed by atoms with Gasteiger partial charge in [-0.25, -0.2) is 0 Å². The fourth-order valence-corrected chi connectivity index (χ4v) is 2.52. The number of primary amides is 1. The van der Waals surface area contributed by atoms with E-state index >= 15 is 0 Å². The van der Waals surface area contributed by atoms with Crippen molar-refractivity contribution in [2.24, 2.45) is 11.7 Å². The summed E-state index contributed by atoms with van der Waals surface area (Å²) in [5, 5.41) is 0. The molecule has 2 N–H and O–H groups in total. The molecule has 1 saturated carbocycles. The molecule has 5 heteroatoms. The molecule has 94 valence electrons. The molecule has 2 atom stereocenters. The lowest BCUT2D eigenvalue weighted by atomic mass is 9.77. The molecular formula is C12H17FN2O2. The highest BCUT2D eigenvalue weighted by molar-refractivity contribution is 5.77. The number of aromatic nitrogens is 1. The number of carbonyl (C=O) groups is 1. The monoisotopic (exact) mass is 240 g/mol. The highest BCUT2D eigenvalue weighted by Crippen LogP contribution is 2.39. The first kappa shape index (κ1) is 12.1. The Kier molecular flexibility index (Phi) is 3.45. The van der Waals surface area contributed by atoms with E-state index < -0.39 is 5.95 Å². The van der Waals surface area contributed by atoms with Gasteiger partial charge < -0.3 is 10.2 Å². The van der Waals surface area contributed by atoms with E-state index in [4.69, 9.17) is 10.2 Å². The van der Waals surface area contributed by atoms with Crippen LogP contribution >= 0.6 is 0 Å². The number of nitrogens with zero attached hydrogens (tertiary/aromatic N) is 1. The van der Waals surface area contributed by atoms with Gasteiger partial charge in [-0.3, -0.25) is 4.79 Å². The Hall–Kier alpha value is -1.39. The molecule has 1 heterocycles. The summed E-state index contributed by atoms with van der Waals surface area (Å²) in [5.41, 5.74) is 5.36. The number of aryl methyl sites for hydroxylation is 1. The van der Waals surface area contributed by atoms with Crippen LogP contribution in [-0.2, 0) is 11.2 Å². The second kappa shape index (κ2) is 4.85. The zero-order valence-electron chi connectivity index (χ0n) is 9.91. The van der Waals surface area contributed by atoms with E-state index in [-0.39, 0.29) is 23.5 Å². The van der Waals surface area contributed by atoms with Crippen LogP contribution < -0.4 is 5.73 Å². The molecule has 1 aliphatic carbocycles. The molecule has 2 rings (SSSR count). The van der Waals surface area contributed by atoms with Gasteiger partial charge in [-0.1, -0.05) is 19.8 Å². The third-order valence-corrected chi connectivity index (χ3v) is 3.42. The summed E-state index contributed by atoms with van der Waals surface area (Å²) < 4.78 is 19.1. The van der Waals surface area contributed by atoms with Crippen LogP contribution in [0.4, 0.5) is 4.39 Å². The van der Waals surface area contributed by atoms with Crippen molar-refractivity contribution < 1.29 is 13.6 Å². The third kappa shape index (κ3) is 2.33. The molecule has 1 aromatic heterocycles. The largest absolute Gasteiger partial charge is 0.442 e. The van der Waals surface area contributed by atoms with E-state index in [0.717, 1.165) is 19.3 Å². The number of halogens is 1. The number of oxazole rings is 1. The minimum atomic E-state index is -0.583. The van der Waals surface area contributed by atoms with Gasteiger partial charge in [0.15, 0.2) is 11.7 Å². The van der Waals surface area contributed by atoms with Crippen molar-refractivity contribution in [3.05, 3.63) is 17.6 Å². The number of nitrogens with two attached hydrogens (primary N) is 1. The van der Waals surface area contributed by atoms with Crippen LogP contribution in [-0.4, -0.2) is 10.9 Å². The quantitative estimate of drug-likeness (QED) is 0.879. The molecule has 1 amide bonds. The minimum absolute atomic E-state index is 0.213. The number of rotatable bonds is 3. The Morgan fingerprint density at radius 2 is 2.24 bits per heavy atom. The van der Waals surface area contributed by atoms with Gasteiger partial charge in [0.2, 0.25) is 5.91 Å². The van der Waals surface area contributed by atoms with Crippen LogP contribution in [0.15, 0.2) is 4.42 Å². The SMILES string of the molecule is CCc1nc(F)c(C2CCCCC2C(N)=O)o1. The van der Waals surface area contributed by atoms with Crippen molar-refractivity contribution in [3.63, 3.8) is 0 Å². The summed E-state index contributed by atoms with van der Waals surface area (Å²) in [5.74, 6) is -0.926. The number of amides is 1. The van der Waals surface area contributed by atoms with E-state index in [2.05, 4.69) is 4.98 Å². The summed E-state index contributed by atoms with van der Waals surface area (Å²) >= 11 is 0. The van der Waals surface area contributed by atoms with Gasteiger partial charge in [0.25, 0.3) is 5.95 Å². The Morgan fingerprint density at radius 1 is 1.53 bits per heavy atom. The first-order valence-electron chi connectivity index (χ1n) is 6.08. The predicted molar refractivity (Wildman–Crippen MR) is 59.7 cm³/mol. The van der Waals surface area contributed by atoms with Gasteiger partial charge in [0, 0.05) is 18.3 Å². The lowest BCUT2D eigenvalue weighted by Gasteiger charge is -2.27. The molecule has 0 aliphatic heterocycles. The molecule has 0 radical (unpaired) electrons. The minimum Gasteiger partial charge on any atom is -0.442 e.